The molecule has 1 atom stereocenters. The first-order valence-corrected chi connectivity index (χ1v) is 6.36. The number of methoxy groups -OCH3 is 1. The van der Waals surface area contributed by atoms with Gasteiger partial charge in [-0.3, -0.25) is 4.98 Å². The number of ether oxygens (including phenoxy) is 1. The van der Waals surface area contributed by atoms with E-state index in [4.69, 9.17) is 9.84 Å². The lowest BCUT2D eigenvalue weighted by Gasteiger charge is -2.13. The summed E-state index contributed by atoms with van der Waals surface area (Å²) in [6.07, 6.45) is 1.84. The second-order valence-corrected chi connectivity index (χ2v) is 5.28. The Morgan fingerprint density at radius 1 is 1.50 bits per heavy atom. The summed E-state index contributed by atoms with van der Waals surface area (Å²) in [6, 6.07) is 0. The molecule has 1 rings (SSSR count). The molecule has 16 heavy (non-hydrogen) atoms. The van der Waals surface area contributed by atoms with Crippen LogP contribution < -0.4 is 4.74 Å². The Morgan fingerprint density at radius 3 is 2.75 bits per heavy atom. The lowest BCUT2D eigenvalue weighted by Crippen LogP contribution is -2.04. The number of nitrogens with zero attached hydrogens (tertiary/aromatic N) is 1. The van der Waals surface area contributed by atoms with Gasteiger partial charge in [-0.2, -0.15) is 11.8 Å². The second kappa shape index (κ2) is 6.11. The Bertz CT molecular complexity index is 355. The monoisotopic (exact) mass is 241 g/mol. The molecule has 0 aliphatic carbocycles. The Balaban J connectivity index is 2.81. The molecule has 0 amide bonds. The zero-order valence-corrected chi connectivity index (χ0v) is 11.1. The van der Waals surface area contributed by atoms with Gasteiger partial charge in [-0.1, -0.05) is 6.92 Å². The number of pyridine rings is 1. The Labute approximate surface area is 101 Å². The molecule has 0 unspecified atom stereocenters. The highest BCUT2D eigenvalue weighted by molar-refractivity contribution is 7.99. The highest BCUT2D eigenvalue weighted by atomic mass is 32.2. The van der Waals surface area contributed by atoms with E-state index in [1.54, 1.807) is 18.9 Å². The summed E-state index contributed by atoms with van der Waals surface area (Å²) < 4.78 is 5.35. The van der Waals surface area contributed by atoms with Crippen molar-refractivity contribution in [2.75, 3.05) is 13.7 Å². The van der Waals surface area contributed by atoms with Gasteiger partial charge in [-0.05, 0) is 13.8 Å². The van der Waals surface area contributed by atoms with Crippen LogP contribution in [0, 0.1) is 13.8 Å². The Hall–Kier alpha value is -0.740. The smallest absolute Gasteiger partial charge is 0.128 e. The molecule has 0 aliphatic heterocycles. The van der Waals surface area contributed by atoms with E-state index in [2.05, 4.69) is 4.98 Å². The molecular weight excluding hydrogens is 222 g/mol. The highest BCUT2D eigenvalue weighted by Gasteiger charge is 2.10. The number of hydrogen-bond acceptors (Lipinski definition) is 4. The van der Waals surface area contributed by atoms with Gasteiger partial charge in [-0.25, -0.2) is 0 Å². The van der Waals surface area contributed by atoms with E-state index < -0.39 is 0 Å². The molecule has 1 aromatic rings. The van der Waals surface area contributed by atoms with Crippen LogP contribution in [0.25, 0.3) is 0 Å². The molecule has 1 heterocycles. The van der Waals surface area contributed by atoms with Crippen molar-refractivity contribution in [1.82, 2.24) is 4.98 Å². The molecule has 0 saturated carbocycles. The maximum Gasteiger partial charge on any atom is 0.128 e. The summed E-state index contributed by atoms with van der Waals surface area (Å²) in [5.74, 6) is 1.73. The Morgan fingerprint density at radius 2 is 2.19 bits per heavy atom. The zero-order chi connectivity index (χ0) is 12.1. The summed E-state index contributed by atoms with van der Waals surface area (Å²) in [6.45, 7) is 6.22. The third-order valence-corrected chi connectivity index (χ3v) is 3.67. The Kier molecular flexibility index (Phi) is 5.09. The van der Waals surface area contributed by atoms with Crippen LogP contribution in [0.4, 0.5) is 0 Å². The van der Waals surface area contributed by atoms with Gasteiger partial charge in [0.05, 0.1) is 19.4 Å². The zero-order valence-electron chi connectivity index (χ0n) is 10.3. The number of aromatic nitrogens is 1. The minimum Gasteiger partial charge on any atom is -0.496 e. The predicted molar refractivity (Wildman–Crippen MR) is 68.1 cm³/mol. The summed E-state index contributed by atoms with van der Waals surface area (Å²) in [7, 11) is 1.68. The van der Waals surface area contributed by atoms with Crippen molar-refractivity contribution in [3.05, 3.63) is 23.0 Å². The van der Waals surface area contributed by atoms with Crippen molar-refractivity contribution in [2.24, 2.45) is 0 Å². The molecule has 90 valence electrons. The maximum absolute atomic E-state index is 8.96. The molecule has 1 N–H and O–H groups in total. The number of aliphatic hydroxyl groups excluding tert-OH is 1. The van der Waals surface area contributed by atoms with Gasteiger partial charge in [-0.15, -0.1) is 0 Å². The molecule has 3 nitrogen and oxygen atoms in total. The van der Waals surface area contributed by atoms with E-state index in [1.807, 2.05) is 27.0 Å². The van der Waals surface area contributed by atoms with E-state index in [1.165, 1.54) is 0 Å². The quantitative estimate of drug-likeness (QED) is 0.859. The van der Waals surface area contributed by atoms with Gasteiger partial charge in [0.15, 0.2) is 0 Å². The van der Waals surface area contributed by atoms with Crippen LogP contribution in [0.1, 0.15) is 23.7 Å². The summed E-state index contributed by atoms with van der Waals surface area (Å²) in [5, 5.41) is 9.21. The van der Waals surface area contributed by atoms with Crippen molar-refractivity contribution < 1.29 is 9.84 Å². The van der Waals surface area contributed by atoms with E-state index in [0.717, 1.165) is 28.3 Å². The molecule has 0 spiro atoms. The lowest BCUT2D eigenvalue weighted by molar-refractivity contribution is 0.300. The van der Waals surface area contributed by atoms with Crippen LogP contribution in [0.3, 0.4) is 0 Å². The summed E-state index contributed by atoms with van der Waals surface area (Å²) in [5.41, 5.74) is 3.19. The largest absolute Gasteiger partial charge is 0.496 e. The minimum absolute atomic E-state index is 0.201. The average molecular weight is 241 g/mol. The number of aryl methyl sites for hydroxylation is 1. The van der Waals surface area contributed by atoms with Crippen LogP contribution in [-0.2, 0) is 5.75 Å². The average Bonchev–Trinajstić information content (AvgIpc) is 2.28. The van der Waals surface area contributed by atoms with Crippen LogP contribution in [0.2, 0.25) is 0 Å². The highest BCUT2D eigenvalue weighted by Crippen LogP contribution is 2.27. The van der Waals surface area contributed by atoms with Crippen molar-refractivity contribution in [3.8, 4) is 5.75 Å². The normalized spacial score (nSPS) is 12.6. The van der Waals surface area contributed by atoms with Gasteiger partial charge >= 0.3 is 0 Å². The molecule has 4 heteroatoms. The van der Waals surface area contributed by atoms with Crippen LogP contribution in [-0.4, -0.2) is 29.1 Å². The van der Waals surface area contributed by atoms with Crippen molar-refractivity contribution in [2.45, 2.75) is 31.8 Å². The third kappa shape index (κ3) is 3.12. The third-order valence-electron chi connectivity index (χ3n) is 2.51. The first kappa shape index (κ1) is 13.3. The molecule has 1 aromatic heterocycles. The number of thioether (sulfide) groups is 1. The van der Waals surface area contributed by atoms with Crippen molar-refractivity contribution >= 4 is 11.8 Å². The van der Waals surface area contributed by atoms with Gasteiger partial charge < -0.3 is 9.84 Å². The number of hydrogen-bond donors (Lipinski definition) is 1. The summed E-state index contributed by atoms with van der Waals surface area (Å²) >= 11 is 1.70. The van der Waals surface area contributed by atoms with Gasteiger partial charge in [0.1, 0.15) is 5.75 Å². The molecule has 0 aromatic carbocycles. The predicted octanol–water partition coefficient (Wildman–Crippen LogP) is 2.32. The minimum atomic E-state index is 0.201. The lowest BCUT2D eigenvalue weighted by atomic mass is 10.1. The summed E-state index contributed by atoms with van der Waals surface area (Å²) in [4.78, 5) is 4.41. The molecule has 0 fully saturated rings. The van der Waals surface area contributed by atoms with Gasteiger partial charge in [0.2, 0.25) is 0 Å². The molecular formula is C12H19NO2S. The maximum atomic E-state index is 8.96. The molecule has 0 radical (unpaired) electrons. The van der Waals surface area contributed by atoms with Crippen molar-refractivity contribution in [1.29, 1.82) is 0 Å². The first-order chi connectivity index (χ1) is 7.60. The van der Waals surface area contributed by atoms with Crippen LogP contribution in [0.15, 0.2) is 6.20 Å². The van der Waals surface area contributed by atoms with E-state index in [9.17, 15) is 0 Å². The number of aliphatic hydroxyl groups is 1. The first-order valence-electron chi connectivity index (χ1n) is 5.31. The number of rotatable bonds is 5. The van der Waals surface area contributed by atoms with Crippen LogP contribution in [0.5, 0.6) is 5.75 Å². The van der Waals surface area contributed by atoms with E-state index >= 15 is 0 Å². The van der Waals surface area contributed by atoms with Crippen molar-refractivity contribution in [3.63, 3.8) is 0 Å². The topological polar surface area (TPSA) is 42.4 Å². The molecule has 0 saturated heterocycles. The SMILES string of the molecule is COc1c(C)cnc(CS[C@@H](C)CO)c1C. The van der Waals surface area contributed by atoms with Gasteiger partial charge in [0, 0.05) is 28.3 Å². The fourth-order valence-corrected chi connectivity index (χ4v) is 2.33. The van der Waals surface area contributed by atoms with E-state index in [-0.39, 0.29) is 11.9 Å². The molecule has 0 bridgehead atoms. The second-order valence-electron chi connectivity index (χ2n) is 3.85. The van der Waals surface area contributed by atoms with Crippen LogP contribution >= 0.6 is 11.8 Å². The van der Waals surface area contributed by atoms with E-state index in [0.29, 0.717) is 0 Å². The fraction of sp³-hybridized carbons (Fsp3) is 0.583. The fourth-order valence-electron chi connectivity index (χ4n) is 1.49. The van der Waals surface area contributed by atoms with Gasteiger partial charge in [0.25, 0.3) is 0 Å². The standard InChI is InChI=1S/C12H19NO2S/c1-8-5-13-11(7-16-9(2)6-14)10(3)12(8)15-4/h5,9,14H,6-7H2,1-4H3/t9-/m0/s1. The molecule has 0 aliphatic rings.